The van der Waals surface area contributed by atoms with E-state index in [1.165, 1.54) is 29.1 Å². The summed E-state index contributed by atoms with van der Waals surface area (Å²) in [6.45, 7) is -2.72. The van der Waals surface area contributed by atoms with E-state index in [4.69, 9.17) is 4.74 Å². The monoisotopic (exact) mass is 388 g/mol. The summed E-state index contributed by atoms with van der Waals surface area (Å²) in [7, 11) is 2.97. The van der Waals surface area contributed by atoms with Crippen molar-refractivity contribution in [3.8, 4) is 17.2 Å². The number of carbonyl (C=O) groups excluding carboxylic acids is 1. The van der Waals surface area contributed by atoms with Gasteiger partial charge in [-0.2, -0.15) is 18.7 Å². The van der Waals surface area contributed by atoms with E-state index in [2.05, 4.69) is 14.9 Å². The van der Waals surface area contributed by atoms with Crippen LogP contribution < -0.4 is 9.47 Å². The molecule has 0 aliphatic rings. The van der Waals surface area contributed by atoms with E-state index in [1.807, 2.05) is 30.3 Å². The van der Waals surface area contributed by atoms with Gasteiger partial charge in [-0.25, -0.2) is 0 Å². The molecule has 0 saturated carbocycles. The van der Waals surface area contributed by atoms with E-state index in [-0.39, 0.29) is 29.6 Å². The van der Waals surface area contributed by atoms with E-state index >= 15 is 0 Å². The van der Waals surface area contributed by atoms with Crippen molar-refractivity contribution in [2.75, 3.05) is 14.2 Å². The fraction of sp³-hybridized carbons (Fsp3) is 0.211. The van der Waals surface area contributed by atoms with E-state index in [0.29, 0.717) is 5.56 Å². The number of rotatable bonds is 7. The zero-order chi connectivity index (χ0) is 20.1. The molecule has 1 aromatic heterocycles. The summed E-state index contributed by atoms with van der Waals surface area (Å²) in [4.78, 5) is 15.4. The molecule has 3 rings (SSSR count). The van der Waals surface area contributed by atoms with Crippen molar-refractivity contribution < 1.29 is 23.0 Å². The highest BCUT2D eigenvalue weighted by Gasteiger charge is 2.18. The van der Waals surface area contributed by atoms with Gasteiger partial charge in [-0.05, 0) is 29.8 Å². The maximum absolute atomic E-state index is 12.6. The number of para-hydroxylation sites is 1. The lowest BCUT2D eigenvalue weighted by Crippen LogP contribution is -2.26. The van der Waals surface area contributed by atoms with Gasteiger partial charge >= 0.3 is 6.61 Å². The first-order chi connectivity index (χ1) is 13.5. The molecule has 3 aromatic rings. The van der Waals surface area contributed by atoms with Gasteiger partial charge in [0.25, 0.3) is 5.91 Å². The lowest BCUT2D eigenvalue weighted by Gasteiger charge is -2.17. The third kappa shape index (κ3) is 4.43. The number of nitrogens with zero attached hydrogens (tertiary/aromatic N) is 4. The molecule has 7 nitrogen and oxygen atoms in total. The predicted molar refractivity (Wildman–Crippen MR) is 96.8 cm³/mol. The number of aromatic nitrogens is 3. The Hall–Kier alpha value is -3.49. The Kier molecular flexibility index (Phi) is 5.83. The van der Waals surface area contributed by atoms with Crippen LogP contribution in [0.1, 0.15) is 16.1 Å². The molecular formula is C19H18F2N4O3. The normalized spacial score (nSPS) is 10.8. The van der Waals surface area contributed by atoms with Gasteiger partial charge in [-0.15, -0.1) is 5.10 Å². The molecule has 2 aromatic carbocycles. The molecule has 146 valence electrons. The van der Waals surface area contributed by atoms with Crippen LogP contribution in [0.3, 0.4) is 0 Å². The summed E-state index contributed by atoms with van der Waals surface area (Å²) < 4.78 is 34.3. The Morgan fingerprint density at radius 2 is 1.93 bits per heavy atom. The van der Waals surface area contributed by atoms with E-state index in [9.17, 15) is 13.6 Å². The van der Waals surface area contributed by atoms with Crippen LogP contribution in [0.5, 0.6) is 11.5 Å². The number of alkyl halides is 2. The minimum Gasteiger partial charge on any atom is -0.493 e. The van der Waals surface area contributed by atoms with Crippen molar-refractivity contribution in [2.45, 2.75) is 13.2 Å². The molecule has 9 heteroatoms. The van der Waals surface area contributed by atoms with Crippen LogP contribution in [-0.4, -0.2) is 46.6 Å². The lowest BCUT2D eigenvalue weighted by atomic mass is 10.2. The third-order valence-electron chi connectivity index (χ3n) is 3.91. The zero-order valence-corrected chi connectivity index (χ0v) is 15.3. The van der Waals surface area contributed by atoms with Crippen LogP contribution >= 0.6 is 0 Å². The first kappa shape index (κ1) is 19.3. The number of halogens is 2. The molecule has 0 N–H and O–H groups in total. The van der Waals surface area contributed by atoms with Crippen LogP contribution in [0, 0.1) is 0 Å². The molecule has 0 aliphatic carbocycles. The minimum atomic E-state index is -2.95. The first-order valence-electron chi connectivity index (χ1n) is 8.33. The van der Waals surface area contributed by atoms with Gasteiger partial charge in [0.2, 0.25) is 0 Å². The highest BCUT2D eigenvalue weighted by molar-refractivity contribution is 5.91. The van der Waals surface area contributed by atoms with Crippen molar-refractivity contribution in [1.82, 2.24) is 19.9 Å². The average Bonchev–Trinajstić information content (AvgIpc) is 3.19. The first-order valence-corrected chi connectivity index (χ1v) is 8.33. The van der Waals surface area contributed by atoms with Gasteiger partial charge in [-0.3, -0.25) is 4.79 Å². The summed E-state index contributed by atoms with van der Waals surface area (Å²) >= 11 is 0. The van der Waals surface area contributed by atoms with Gasteiger partial charge in [0.15, 0.2) is 17.2 Å². The van der Waals surface area contributed by atoms with Gasteiger partial charge < -0.3 is 14.4 Å². The van der Waals surface area contributed by atoms with Crippen molar-refractivity contribution in [3.05, 3.63) is 66.0 Å². The second-order valence-electron chi connectivity index (χ2n) is 5.88. The van der Waals surface area contributed by atoms with Crippen molar-refractivity contribution in [2.24, 2.45) is 0 Å². The molecule has 0 bridgehead atoms. The lowest BCUT2D eigenvalue weighted by molar-refractivity contribution is -0.0512. The van der Waals surface area contributed by atoms with E-state index < -0.39 is 6.61 Å². The Morgan fingerprint density at radius 1 is 1.18 bits per heavy atom. The third-order valence-corrected chi connectivity index (χ3v) is 3.91. The number of carbonyl (C=O) groups is 1. The van der Waals surface area contributed by atoms with Crippen LogP contribution in [0.4, 0.5) is 8.78 Å². The van der Waals surface area contributed by atoms with Crippen molar-refractivity contribution in [1.29, 1.82) is 0 Å². The molecule has 0 fully saturated rings. The topological polar surface area (TPSA) is 69.5 Å². The van der Waals surface area contributed by atoms with Crippen LogP contribution in [0.15, 0.2) is 54.7 Å². The molecule has 1 heterocycles. The fourth-order valence-electron chi connectivity index (χ4n) is 2.59. The number of hydrogen-bond acceptors (Lipinski definition) is 5. The number of hydrogen-bond donors (Lipinski definition) is 0. The molecule has 0 aliphatic heterocycles. The summed E-state index contributed by atoms with van der Waals surface area (Å²) in [6.07, 6.45) is 1.39. The van der Waals surface area contributed by atoms with Crippen molar-refractivity contribution >= 4 is 5.91 Å². The number of benzene rings is 2. The molecular weight excluding hydrogens is 370 g/mol. The second kappa shape index (κ2) is 8.47. The summed E-state index contributed by atoms with van der Waals surface area (Å²) in [5.74, 6) is -0.233. The molecule has 0 radical (unpaired) electrons. The standard InChI is InChI=1S/C19H18F2N4O3/c1-24(12-13-8-9-16(28-19(20)21)17(10-13)27-2)18(26)15-11-22-25(23-15)14-6-4-3-5-7-14/h3-11,19H,12H2,1-2H3. The molecule has 0 unspecified atom stereocenters. The Morgan fingerprint density at radius 3 is 2.61 bits per heavy atom. The average molecular weight is 388 g/mol. The number of methoxy groups -OCH3 is 1. The maximum Gasteiger partial charge on any atom is 0.387 e. The molecule has 1 amide bonds. The largest absolute Gasteiger partial charge is 0.493 e. The van der Waals surface area contributed by atoms with Crippen molar-refractivity contribution in [3.63, 3.8) is 0 Å². The summed E-state index contributed by atoms with van der Waals surface area (Å²) in [5, 5.41) is 8.32. The quantitative estimate of drug-likeness (QED) is 0.622. The molecule has 0 saturated heterocycles. The number of amides is 1. The Bertz CT molecular complexity index is 947. The SMILES string of the molecule is COc1cc(CN(C)C(=O)c2cnn(-c3ccccc3)n2)ccc1OC(F)F. The molecule has 0 atom stereocenters. The number of ether oxygens (including phenoxy) is 2. The highest BCUT2D eigenvalue weighted by atomic mass is 19.3. The smallest absolute Gasteiger partial charge is 0.387 e. The Labute approximate surface area is 160 Å². The molecule has 28 heavy (non-hydrogen) atoms. The van der Waals surface area contributed by atoms with Gasteiger partial charge in [0, 0.05) is 13.6 Å². The van der Waals surface area contributed by atoms with Gasteiger partial charge in [0.1, 0.15) is 0 Å². The summed E-state index contributed by atoms with van der Waals surface area (Å²) in [6, 6.07) is 13.7. The van der Waals surface area contributed by atoms with Gasteiger partial charge in [-0.1, -0.05) is 24.3 Å². The summed E-state index contributed by atoms with van der Waals surface area (Å²) in [5.41, 5.74) is 1.62. The second-order valence-corrected chi connectivity index (χ2v) is 5.88. The van der Waals surface area contributed by atoms with Gasteiger partial charge in [0.05, 0.1) is 19.0 Å². The van der Waals surface area contributed by atoms with Crippen LogP contribution in [-0.2, 0) is 6.54 Å². The zero-order valence-electron chi connectivity index (χ0n) is 15.3. The predicted octanol–water partition coefficient (Wildman–Crippen LogP) is 3.15. The van der Waals surface area contributed by atoms with E-state index in [1.54, 1.807) is 19.2 Å². The van der Waals surface area contributed by atoms with Crippen LogP contribution in [0.25, 0.3) is 5.69 Å². The maximum atomic E-state index is 12.6. The minimum absolute atomic E-state index is 0.0685. The Balaban J connectivity index is 1.71. The molecule has 0 spiro atoms. The highest BCUT2D eigenvalue weighted by Crippen LogP contribution is 2.29. The van der Waals surface area contributed by atoms with Crippen LogP contribution in [0.2, 0.25) is 0 Å². The fourth-order valence-corrected chi connectivity index (χ4v) is 2.59. The van der Waals surface area contributed by atoms with E-state index in [0.717, 1.165) is 5.69 Å².